The monoisotopic (exact) mass is 283 g/mol. The van der Waals surface area contributed by atoms with Gasteiger partial charge in [-0.2, -0.15) is 5.26 Å². The van der Waals surface area contributed by atoms with Gasteiger partial charge < -0.3 is 10.5 Å². The molecule has 5 heteroatoms. The highest BCUT2D eigenvalue weighted by Crippen LogP contribution is 2.29. The van der Waals surface area contributed by atoms with Crippen molar-refractivity contribution in [2.45, 2.75) is 25.7 Å². The standard InChI is InChI=1S/C16H14FN3O/c17-13-8-12(5-6-14(13)19)21-16-11(9-18)7-10-3-1-2-4-15(10)20-16/h5-8H,1-4,19H2. The third-order valence-electron chi connectivity index (χ3n) is 3.57. The number of ether oxygens (including phenoxy) is 1. The molecule has 1 aromatic carbocycles. The van der Waals surface area contributed by atoms with E-state index >= 15 is 0 Å². The first-order valence-corrected chi connectivity index (χ1v) is 6.83. The molecule has 0 amide bonds. The van der Waals surface area contributed by atoms with E-state index in [9.17, 15) is 9.65 Å². The van der Waals surface area contributed by atoms with Crippen molar-refractivity contribution in [2.75, 3.05) is 5.73 Å². The van der Waals surface area contributed by atoms with Crippen molar-refractivity contribution in [1.82, 2.24) is 4.98 Å². The minimum Gasteiger partial charge on any atom is -0.438 e. The summed E-state index contributed by atoms with van der Waals surface area (Å²) >= 11 is 0. The smallest absolute Gasteiger partial charge is 0.237 e. The van der Waals surface area contributed by atoms with Gasteiger partial charge in [-0.25, -0.2) is 9.37 Å². The molecule has 21 heavy (non-hydrogen) atoms. The molecule has 0 spiro atoms. The zero-order chi connectivity index (χ0) is 14.8. The topological polar surface area (TPSA) is 71.9 Å². The van der Waals surface area contributed by atoms with Crippen LogP contribution in [0, 0.1) is 17.1 Å². The third kappa shape index (κ3) is 2.65. The summed E-state index contributed by atoms with van der Waals surface area (Å²) in [5.41, 5.74) is 7.93. The number of rotatable bonds is 2. The summed E-state index contributed by atoms with van der Waals surface area (Å²) in [5.74, 6) is -0.0484. The van der Waals surface area contributed by atoms with E-state index in [0.29, 0.717) is 5.56 Å². The lowest BCUT2D eigenvalue weighted by Gasteiger charge is -2.16. The van der Waals surface area contributed by atoms with Crippen LogP contribution in [0.25, 0.3) is 0 Å². The maximum atomic E-state index is 13.4. The van der Waals surface area contributed by atoms with Crippen LogP contribution in [0.2, 0.25) is 0 Å². The van der Waals surface area contributed by atoms with Crippen molar-refractivity contribution >= 4 is 5.69 Å². The first-order valence-electron chi connectivity index (χ1n) is 6.83. The number of aromatic nitrogens is 1. The molecule has 4 nitrogen and oxygen atoms in total. The molecule has 0 radical (unpaired) electrons. The Morgan fingerprint density at radius 3 is 2.81 bits per heavy atom. The molecular weight excluding hydrogens is 269 g/mol. The lowest BCUT2D eigenvalue weighted by molar-refractivity contribution is 0.452. The van der Waals surface area contributed by atoms with Crippen LogP contribution in [0.1, 0.15) is 29.7 Å². The Morgan fingerprint density at radius 1 is 1.24 bits per heavy atom. The minimum absolute atomic E-state index is 0.0567. The molecule has 0 aliphatic heterocycles. The summed E-state index contributed by atoms with van der Waals surface area (Å²) in [4.78, 5) is 4.43. The number of nitrogens with two attached hydrogens (primary N) is 1. The van der Waals surface area contributed by atoms with Crippen molar-refractivity contribution in [3.05, 3.63) is 46.9 Å². The van der Waals surface area contributed by atoms with Crippen molar-refractivity contribution < 1.29 is 9.13 Å². The van der Waals surface area contributed by atoms with Crippen LogP contribution in [0.15, 0.2) is 24.3 Å². The minimum atomic E-state index is -0.552. The van der Waals surface area contributed by atoms with E-state index in [-0.39, 0.29) is 17.3 Å². The summed E-state index contributed by atoms with van der Waals surface area (Å²) in [5, 5.41) is 9.23. The van der Waals surface area contributed by atoms with Gasteiger partial charge in [-0.15, -0.1) is 0 Å². The molecule has 1 heterocycles. The number of anilines is 1. The predicted octanol–water partition coefficient (Wildman–Crippen LogP) is 3.35. The van der Waals surface area contributed by atoms with E-state index in [2.05, 4.69) is 11.1 Å². The van der Waals surface area contributed by atoms with Crippen LogP contribution in [-0.2, 0) is 12.8 Å². The number of halogens is 1. The highest BCUT2D eigenvalue weighted by atomic mass is 19.1. The van der Waals surface area contributed by atoms with Crippen molar-refractivity contribution in [3.8, 4) is 17.7 Å². The van der Waals surface area contributed by atoms with E-state index in [0.717, 1.165) is 36.9 Å². The summed E-state index contributed by atoms with van der Waals surface area (Å²) < 4.78 is 19.0. The Kier molecular flexibility index (Phi) is 3.44. The number of hydrogen-bond acceptors (Lipinski definition) is 4. The molecule has 106 valence electrons. The summed E-state index contributed by atoms with van der Waals surface area (Å²) in [6.07, 6.45) is 4.02. The third-order valence-corrected chi connectivity index (χ3v) is 3.57. The Balaban J connectivity index is 1.97. The number of benzene rings is 1. The first kappa shape index (κ1) is 13.4. The number of pyridine rings is 1. The Morgan fingerprint density at radius 2 is 2.05 bits per heavy atom. The summed E-state index contributed by atoms with van der Waals surface area (Å²) in [6, 6.07) is 8.08. The number of nitrogen functional groups attached to an aromatic ring is 1. The molecule has 0 saturated heterocycles. The van der Waals surface area contributed by atoms with Crippen LogP contribution in [0.4, 0.5) is 10.1 Å². The van der Waals surface area contributed by atoms with E-state index in [1.807, 2.05) is 6.07 Å². The van der Waals surface area contributed by atoms with Gasteiger partial charge in [0.1, 0.15) is 23.2 Å². The second-order valence-electron chi connectivity index (χ2n) is 5.05. The average molecular weight is 283 g/mol. The van der Waals surface area contributed by atoms with Crippen molar-refractivity contribution in [3.63, 3.8) is 0 Å². The van der Waals surface area contributed by atoms with Crippen LogP contribution >= 0.6 is 0 Å². The highest BCUT2D eigenvalue weighted by molar-refractivity contribution is 5.48. The molecule has 2 aromatic rings. The molecule has 0 atom stereocenters. The van der Waals surface area contributed by atoms with E-state index in [4.69, 9.17) is 10.5 Å². The van der Waals surface area contributed by atoms with Crippen molar-refractivity contribution in [2.24, 2.45) is 0 Å². The maximum Gasteiger partial charge on any atom is 0.237 e. The summed E-state index contributed by atoms with van der Waals surface area (Å²) in [7, 11) is 0. The van der Waals surface area contributed by atoms with Crippen LogP contribution in [0.5, 0.6) is 11.6 Å². The second kappa shape index (κ2) is 5.41. The van der Waals surface area contributed by atoms with Crippen LogP contribution in [-0.4, -0.2) is 4.98 Å². The largest absolute Gasteiger partial charge is 0.438 e. The van der Waals surface area contributed by atoms with Gasteiger partial charge in [-0.3, -0.25) is 0 Å². The van der Waals surface area contributed by atoms with E-state index in [1.165, 1.54) is 12.1 Å². The number of nitriles is 1. The fourth-order valence-electron chi connectivity index (χ4n) is 2.46. The van der Waals surface area contributed by atoms with Gasteiger partial charge in [0.25, 0.3) is 0 Å². The van der Waals surface area contributed by atoms with Crippen molar-refractivity contribution in [1.29, 1.82) is 5.26 Å². The van der Waals surface area contributed by atoms with Gasteiger partial charge in [0, 0.05) is 11.8 Å². The Bertz CT molecular complexity index is 737. The zero-order valence-corrected chi connectivity index (χ0v) is 11.4. The molecular formula is C16H14FN3O. The van der Waals surface area contributed by atoms with Gasteiger partial charge in [-0.05, 0) is 49.4 Å². The number of nitrogens with zero attached hydrogens (tertiary/aromatic N) is 2. The number of aryl methyl sites for hydroxylation is 2. The fraction of sp³-hybridized carbons (Fsp3) is 0.250. The maximum absolute atomic E-state index is 13.4. The SMILES string of the molecule is N#Cc1cc2c(nc1Oc1ccc(N)c(F)c1)CCCC2. The molecule has 0 saturated carbocycles. The zero-order valence-electron chi connectivity index (χ0n) is 11.4. The molecule has 0 unspecified atom stereocenters. The van der Waals surface area contributed by atoms with Crippen LogP contribution < -0.4 is 10.5 Å². The Hall–Kier alpha value is -2.61. The predicted molar refractivity (Wildman–Crippen MR) is 76.5 cm³/mol. The van der Waals surface area contributed by atoms with Gasteiger partial charge in [0.2, 0.25) is 5.88 Å². The van der Waals surface area contributed by atoms with Gasteiger partial charge in [-0.1, -0.05) is 0 Å². The molecule has 0 bridgehead atoms. The molecule has 2 N–H and O–H groups in total. The molecule has 1 aliphatic carbocycles. The lowest BCUT2D eigenvalue weighted by Crippen LogP contribution is -2.07. The normalized spacial score (nSPS) is 13.3. The van der Waals surface area contributed by atoms with Gasteiger partial charge in [0.15, 0.2) is 0 Å². The van der Waals surface area contributed by atoms with Crippen LogP contribution in [0.3, 0.4) is 0 Å². The lowest BCUT2D eigenvalue weighted by atomic mass is 9.95. The molecule has 1 aromatic heterocycles. The molecule has 0 fully saturated rings. The van der Waals surface area contributed by atoms with E-state index < -0.39 is 5.82 Å². The second-order valence-corrected chi connectivity index (χ2v) is 5.05. The molecule has 3 rings (SSSR count). The Labute approximate surface area is 122 Å². The van der Waals surface area contributed by atoms with Gasteiger partial charge >= 0.3 is 0 Å². The van der Waals surface area contributed by atoms with E-state index in [1.54, 1.807) is 6.07 Å². The van der Waals surface area contributed by atoms with Gasteiger partial charge in [0.05, 0.1) is 5.69 Å². The first-order chi connectivity index (χ1) is 10.2. The summed E-state index contributed by atoms with van der Waals surface area (Å²) in [6.45, 7) is 0. The number of hydrogen-bond donors (Lipinski definition) is 1. The molecule has 1 aliphatic rings. The number of fused-ring (bicyclic) bond motifs is 1. The quantitative estimate of drug-likeness (QED) is 0.858. The highest BCUT2D eigenvalue weighted by Gasteiger charge is 2.16. The fourth-order valence-corrected chi connectivity index (χ4v) is 2.46. The average Bonchev–Trinajstić information content (AvgIpc) is 2.50.